The van der Waals surface area contributed by atoms with E-state index in [9.17, 15) is 9.59 Å². The van der Waals surface area contributed by atoms with E-state index in [1.165, 1.54) is 0 Å². The minimum atomic E-state index is -0.990. The number of carboxylic acid groups (broad SMARTS) is 1. The standard InChI is InChI=1S/C13H20O4/c1-12(2,3)17-11(16)10-8(13(10,4)5)6-7-9(14)15/h6-8,10H,1-5H3,(H,14,15)/t8-,10-/m0/s1. The minimum absolute atomic E-state index is 0.0477. The summed E-state index contributed by atoms with van der Waals surface area (Å²) in [4.78, 5) is 22.3. The monoisotopic (exact) mass is 240 g/mol. The number of rotatable bonds is 3. The van der Waals surface area contributed by atoms with Crippen LogP contribution in [0.25, 0.3) is 0 Å². The van der Waals surface area contributed by atoms with Crippen LogP contribution in [0.2, 0.25) is 0 Å². The lowest BCUT2D eigenvalue weighted by molar-refractivity contribution is -0.157. The van der Waals surface area contributed by atoms with Gasteiger partial charge in [-0.05, 0) is 32.1 Å². The maximum Gasteiger partial charge on any atom is 0.327 e. The van der Waals surface area contributed by atoms with Crippen LogP contribution in [-0.4, -0.2) is 22.6 Å². The highest BCUT2D eigenvalue weighted by Crippen LogP contribution is 2.59. The van der Waals surface area contributed by atoms with Gasteiger partial charge in [-0.2, -0.15) is 0 Å². The molecule has 0 aromatic heterocycles. The molecule has 0 aliphatic heterocycles. The first-order chi connectivity index (χ1) is 7.55. The molecule has 0 unspecified atom stereocenters. The Balaban J connectivity index is 2.68. The fourth-order valence-electron chi connectivity index (χ4n) is 2.04. The third kappa shape index (κ3) is 3.32. The Morgan fingerprint density at radius 3 is 2.24 bits per heavy atom. The first-order valence-corrected chi connectivity index (χ1v) is 5.69. The zero-order valence-corrected chi connectivity index (χ0v) is 11.0. The molecule has 0 aromatic rings. The second kappa shape index (κ2) is 4.17. The average Bonchev–Trinajstić information content (AvgIpc) is 2.61. The Bertz CT molecular complexity index is 360. The number of carbonyl (C=O) groups is 2. The molecule has 0 radical (unpaired) electrons. The number of aliphatic carboxylic acids is 1. The van der Waals surface area contributed by atoms with Gasteiger partial charge in [0.2, 0.25) is 0 Å². The number of ether oxygens (including phenoxy) is 1. The topological polar surface area (TPSA) is 63.6 Å². The number of carbonyl (C=O) groups excluding carboxylic acids is 1. The van der Waals surface area contributed by atoms with Gasteiger partial charge in [-0.15, -0.1) is 0 Å². The van der Waals surface area contributed by atoms with Gasteiger partial charge in [-0.1, -0.05) is 19.9 Å². The number of carboxylic acids is 1. The summed E-state index contributed by atoms with van der Waals surface area (Å²) in [7, 11) is 0. The third-order valence-electron chi connectivity index (χ3n) is 3.02. The van der Waals surface area contributed by atoms with Crippen molar-refractivity contribution in [2.75, 3.05) is 0 Å². The molecule has 1 aliphatic carbocycles. The quantitative estimate of drug-likeness (QED) is 0.607. The van der Waals surface area contributed by atoms with Gasteiger partial charge in [0.25, 0.3) is 0 Å². The third-order valence-corrected chi connectivity index (χ3v) is 3.02. The molecule has 1 fully saturated rings. The van der Waals surface area contributed by atoms with Gasteiger partial charge in [-0.3, -0.25) is 4.79 Å². The zero-order chi connectivity index (χ0) is 13.4. The van der Waals surface area contributed by atoms with Crippen LogP contribution >= 0.6 is 0 Å². The number of hydrogen-bond acceptors (Lipinski definition) is 3. The Morgan fingerprint density at radius 1 is 1.29 bits per heavy atom. The van der Waals surface area contributed by atoms with Gasteiger partial charge in [0.15, 0.2) is 0 Å². The molecular formula is C13H20O4. The van der Waals surface area contributed by atoms with E-state index in [0.29, 0.717) is 0 Å². The van der Waals surface area contributed by atoms with E-state index in [4.69, 9.17) is 9.84 Å². The van der Waals surface area contributed by atoms with Gasteiger partial charge < -0.3 is 9.84 Å². The molecule has 4 heteroatoms. The van der Waals surface area contributed by atoms with Crippen LogP contribution in [0.5, 0.6) is 0 Å². The van der Waals surface area contributed by atoms with E-state index in [-0.39, 0.29) is 23.2 Å². The van der Waals surface area contributed by atoms with Crippen molar-refractivity contribution < 1.29 is 19.4 Å². The lowest BCUT2D eigenvalue weighted by atomic mass is 10.1. The van der Waals surface area contributed by atoms with Crippen LogP contribution in [0.3, 0.4) is 0 Å². The molecule has 1 N–H and O–H groups in total. The highest BCUT2D eigenvalue weighted by atomic mass is 16.6. The van der Waals surface area contributed by atoms with Crippen LogP contribution < -0.4 is 0 Å². The smallest absolute Gasteiger partial charge is 0.327 e. The molecule has 1 rings (SSSR count). The first kappa shape index (κ1) is 13.7. The SMILES string of the molecule is CC(C)(C)OC(=O)[C@@H]1[C@H](C=CC(=O)O)C1(C)C. The summed E-state index contributed by atoms with van der Waals surface area (Å²) in [5, 5.41) is 8.57. The average molecular weight is 240 g/mol. The highest BCUT2D eigenvalue weighted by molar-refractivity contribution is 5.82. The van der Waals surface area contributed by atoms with Gasteiger partial charge in [-0.25, -0.2) is 4.79 Å². The van der Waals surface area contributed by atoms with Crippen molar-refractivity contribution in [1.29, 1.82) is 0 Å². The van der Waals surface area contributed by atoms with Crippen molar-refractivity contribution >= 4 is 11.9 Å². The summed E-state index contributed by atoms with van der Waals surface area (Å²) in [6, 6.07) is 0. The minimum Gasteiger partial charge on any atom is -0.478 e. The molecule has 2 atom stereocenters. The molecule has 0 amide bonds. The van der Waals surface area contributed by atoms with Gasteiger partial charge >= 0.3 is 11.9 Å². The molecule has 0 aromatic carbocycles. The number of allylic oxidation sites excluding steroid dienone is 1. The van der Waals surface area contributed by atoms with E-state index in [1.54, 1.807) is 6.08 Å². The van der Waals surface area contributed by atoms with E-state index < -0.39 is 11.6 Å². The molecule has 0 saturated heterocycles. The van der Waals surface area contributed by atoms with E-state index >= 15 is 0 Å². The Kier molecular flexibility index (Phi) is 3.37. The van der Waals surface area contributed by atoms with Gasteiger partial charge in [0.1, 0.15) is 5.60 Å². The van der Waals surface area contributed by atoms with E-state index in [1.807, 2.05) is 34.6 Å². The van der Waals surface area contributed by atoms with Crippen LogP contribution in [0, 0.1) is 17.3 Å². The van der Waals surface area contributed by atoms with E-state index in [0.717, 1.165) is 6.08 Å². The first-order valence-electron chi connectivity index (χ1n) is 5.69. The summed E-state index contributed by atoms with van der Waals surface area (Å²) in [6.07, 6.45) is 2.67. The molecule has 1 aliphatic rings. The molecule has 0 spiro atoms. The summed E-state index contributed by atoms with van der Waals surface area (Å²) < 4.78 is 5.31. The number of hydrogen-bond donors (Lipinski definition) is 1. The Hall–Kier alpha value is -1.32. The van der Waals surface area contributed by atoms with Crippen molar-refractivity contribution in [2.45, 2.75) is 40.2 Å². The second-order valence-electron chi connectivity index (χ2n) is 6.06. The van der Waals surface area contributed by atoms with E-state index in [2.05, 4.69) is 0 Å². The maximum atomic E-state index is 11.9. The van der Waals surface area contributed by atoms with Crippen LogP contribution in [-0.2, 0) is 14.3 Å². The normalized spacial score (nSPS) is 26.9. The number of esters is 1. The highest BCUT2D eigenvalue weighted by Gasteiger charge is 2.61. The van der Waals surface area contributed by atoms with Crippen molar-refractivity contribution in [3.8, 4) is 0 Å². The summed E-state index contributed by atoms with van der Waals surface area (Å²) in [5.41, 5.74) is -0.717. The van der Waals surface area contributed by atoms with Gasteiger partial charge in [0, 0.05) is 6.08 Å². The molecule has 1 saturated carbocycles. The molecule has 0 heterocycles. The van der Waals surface area contributed by atoms with Crippen molar-refractivity contribution in [1.82, 2.24) is 0 Å². The predicted molar refractivity (Wildman–Crippen MR) is 63.4 cm³/mol. The van der Waals surface area contributed by atoms with Crippen molar-refractivity contribution in [2.24, 2.45) is 17.3 Å². The van der Waals surface area contributed by atoms with Gasteiger partial charge in [0.05, 0.1) is 5.92 Å². The summed E-state index contributed by atoms with van der Waals surface area (Å²) >= 11 is 0. The molecule has 17 heavy (non-hydrogen) atoms. The maximum absolute atomic E-state index is 11.9. The molecular weight excluding hydrogens is 220 g/mol. The fourth-order valence-corrected chi connectivity index (χ4v) is 2.04. The summed E-state index contributed by atoms with van der Waals surface area (Å²) in [5.74, 6) is -1.52. The van der Waals surface area contributed by atoms with Crippen LogP contribution in [0.15, 0.2) is 12.2 Å². The largest absolute Gasteiger partial charge is 0.478 e. The zero-order valence-electron chi connectivity index (χ0n) is 11.0. The molecule has 96 valence electrons. The van der Waals surface area contributed by atoms with Crippen LogP contribution in [0.1, 0.15) is 34.6 Å². The Morgan fingerprint density at radius 2 is 1.82 bits per heavy atom. The van der Waals surface area contributed by atoms with Crippen molar-refractivity contribution in [3.05, 3.63) is 12.2 Å². The predicted octanol–water partition coefficient (Wildman–Crippen LogP) is 2.24. The van der Waals surface area contributed by atoms with Crippen molar-refractivity contribution in [3.63, 3.8) is 0 Å². The van der Waals surface area contributed by atoms with Crippen LogP contribution in [0.4, 0.5) is 0 Å². The lowest BCUT2D eigenvalue weighted by Gasteiger charge is -2.19. The Labute approximate surface area is 102 Å². The second-order valence-corrected chi connectivity index (χ2v) is 6.06. The molecule has 0 bridgehead atoms. The fraction of sp³-hybridized carbons (Fsp3) is 0.692. The lowest BCUT2D eigenvalue weighted by Crippen LogP contribution is -2.26. The molecule has 4 nitrogen and oxygen atoms in total. The summed E-state index contributed by atoms with van der Waals surface area (Å²) in [6.45, 7) is 9.35.